The minimum atomic E-state index is -0.503. The third-order valence-electron chi connectivity index (χ3n) is 5.54. The molecule has 0 aromatic heterocycles. The molecule has 0 aliphatic carbocycles. The number of nitrogens with zero attached hydrogens (tertiary/aromatic N) is 1. The molecule has 35 heavy (non-hydrogen) atoms. The maximum atomic E-state index is 13.5. The minimum Gasteiger partial charge on any atom is -0.493 e. The molecule has 0 saturated heterocycles. The Kier molecular flexibility index (Phi) is 8.42. The van der Waals surface area contributed by atoms with Crippen LogP contribution in [0.15, 0.2) is 72.8 Å². The van der Waals surface area contributed by atoms with Gasteiger partial charge in [-0.25, -0.2) is 4.39 Å². The van der Waals surface area contributed by atoms with Gasteiger partial charge in [0.2, 0.25) is 0 Å². The zero-order valence-corrected chi connectivity index (χ0v) is 20.0. The Morgan fingerprint density at radius 3 is 2.63 bits per heavy atom. The summed E-state index contributed by atoms with van der Waals surface area (Å²) >= 11 is 0. The number of carbonyl (C=O) groups excluding carboxylic acids is 1. The molecular weight excluding hydrogens is 443 g/mol. The molecule has 0 heterocycles. The second-order valence-corrected chi connectivity index (χ2v) is 7.99. The zero-order valence-electron chi connectivity index (χ0n) is 20.0. The van der Waals surface area contributed by atoms with Gasteiger partial charge in [0, 0.05) is 11.3 Å². The molecular formula is C29H27FN2O3. The number of nitriles is 1. The Bertz CT molecular complexity index is 1320. The van der Waals surface area contributed by atoms with Gasteiger partial charge in [0.1, 0.15) is 24.1 Å². The molecule has 1 amide bonds. The minimum absolute atomic E-state index is 0.0501. The van der Waals surface area contributed by atoms with Gasteiger partial charge in [-0.1, -0.05) is 30.3 Å². The Morgan fingerprint density at radius 1 is 1.17 bits per heavy atom. The van der Waals surface area contributed by atoms with Crippen LogP contribution in [-0.2, 0) is 17.8 Å². The second-order valence-electron chi connectivity index (χ2n) is 7.99. The van der Waals surface area contributed by atoms with E-state index in [9.17, 15) is 14.4 Å². The number of carbonyl (C=O) groups is 1. The number of hydrogen-bond donors (Lipinski definition) is 1. The second kappa shape index (κ2) is 11.7. The molecule has 6 heteroatoms. The van der Waals surface area contributed by atoms with E-state index in [1.807, 2.05) is 38.1 Å². The quantitative estimate of drug-likeness (QED) is 0.226. The van der Waals surface area contributed by atoms with Crippen LogP contribution in [0.1, 0.15) is 27.8 Å². The van der Waals surface area contributed by atoms with Crippen molar-refractivity contribution in [3.05, 3.63) is 106 Å². The molecule has 0 aliphatic rings. The molecule has 3 aromatic carbocycles. The van der Waals surface area contributed by atoms with Crippen LogP contribution in [-0.4, -0.2) is 13.0 Å². The van der Waals surface area contributed by atoms with Crippen molar-refractivity contribution in [2.24, 2.45) is 0 Å². The number of halogens is 1. The van der Waals surface area contributed by atoms with Gasteiger partial charge >= 0.3 is 0 Å². The average molecular weight is 471 g/mol. The van der Waals surface area contributed by atoms with Crippen molar-refractivity contribution in [2.45, 2.75) is 26.9 Å². The fourth-order valence-corrected chi connectivity index (χ4v) is 3.56. The van der Waals surface area contributed by atoms with E-state index >= 15 is 0 Å². The van der Waals surface area contributed by atoms with Crippen molar-refractivity contribution in [1.82, 2.24) is 0 Å². The molecule has 0 spiro atoms. The van der Waals surface area contributed by atoms with E-state index in [4.69, 9.17) is 9.47 Å². The highest BCUT2D eigenvalue weighted by molar-refractivity contribution is 6.10. The van der Waals surface area contributed by atoms with Gasteiger partial charge in [-0.15, -0.1) is 6.58 Å². The van der Waals surface area contributed by atoms with Crippen LogP contribution in [0.25, 0.3) is 6.08 Å². The van der Waals surface area contributed by atoms with Gasteiger partial charge in [-0.3, -0.25) is 4.79 Å². The van der Waals surface area contributed by atoms with Gasteiger partial charge in [0.05, 0.1) is 7.11 Å². The number of ether oxygens (including phenoxy) is 2. The van der Waals surface area contributed by atoms with Gasteiger partial charge in [-0.05, 0) is 78.9 Å². The van der Waals surface area contributed by atoms with E-state index < -0.39 is 5.91 Å². The standard InChI is InChI=1S/C29H27FN2O3/c1-5-8-23-13-22(14-24(17-31)29(33)32-26-12-6-9-19(2)20(26)3)16-27(34-4)28(23)35-18-21-10-7-11-25(30)15-21/h5-7,9-16H,1,8,18H2,2-4H3,(H,32,33)/b24-14+. The van der Waals surface area contributed by atoms with E-state index in [1.165, 1.54) is 25.3 Å². The SMILES string of the molecule is C=CCc1cc(/C=C(\C#N)C(=O)Nc2cccc(C)c2C)cc(OC)c1OCc1cccc(F)c1. The third kappa shape index (κ3) is 6.36. The lowest BCUT2D eigenvalue weighted by atomic mass is 10.0. The summed E-state index contributed by atoms with van der Waals surface area (Å²) in [5, 5.41) is 12.5. The summed E-state index contributed by atoms with van der Waals surface area (Å²) in [4.78, 5) is 12.8. The third-order valence-corrected chi connectivity index (χ3v) is 5.54. The predicted octanol–water partition coefficient (Wildman–Crippen LogP) is 6.30. The highest BCUT2D eigenvalue weighted by Crippen LogP contribution is 2.35. The van der Waals surface area contributed by atoms with Gasteiger partial charge in [0.25, 0.3) is 5.91 Å². The normalized spacial score (nSPS) is 10.9. The maximum absolute atomic E-state index is 13.5. The number of amides is 1. The van der Waals surface area contributed by atoms with E-state index in [1.54, 1.807) is 30.3 Å². The molecule has 1 N–H and O–H groups in total. The summed E-state index contributed by atoms with van der Waals surface area (Å²) < 4.78 is 25.1. The van der Waals surface area contributed by atoms with Gasteiger partial charge in [0.15, 0.2) is 11.5 Å². The van der Waals surface area contributed by atoms with Crippen LogP contribution in [0.4, 0.5) is 10.1 Å². The number of anilines is 1. The Morgan fingerprint density at radius 2 is 1.94 bits per heavy atom. The fourth-order valence-electron chi connectivity index (χ4n) is 3.56. The molecule has 0 bridgehead atoms. The van der Waals surface area contributed by atoms with Crippen molar-refractivity contribution in [1.29, 1.82) is 5.26 Å². The maximum Gasteiger partial charge on any atom is 0.266 e. The first-order valence-corrected chi connectivity index (χ1v) is 11.0. The first-order chi connectivity index (χ1) is 16.9. The smallest absolute Gasteiger partial charge is 0.266 e. The summed E-state index contributed by atoms with van der Waals surface area (Å²) in [5.74, 6) is 0.0799. The first-order valence-electron chi connectivity index (χ1n) is 11.0. The molecule has 0 atom stereocenters. The lowest BCUT2D eigenvalue weighted by molar-refractivity contribution is -0.112. The predicted molar refractivity (Wildman–Crippen MR) is 136 cm³/mol. The number of methoxy groups -OCH3 is 1. The molecule has 178 valence electrons. The van der Waals surface area contributed by atoms with Crippen LogP contribution < -0.4 is 14.8 Å². The van der Waals surface area contributed by atoms with Crippen LogP contribution in [0, 0.1) is 31.0 Å². The summed E-state index contributed by atoms with van der Waals surface area (Å²) in [6, 6.07) is 17.3. The highest BCUT2D eigenvalue weighted by Gasteiger charge is 2.16. The molecule has 0 fully saturated rings. The van der Waals surface area contributed by atoms with Gasteiger partial charge in [-0.2, -0.15) is 5.26 Å². The molecule has 5 nitrogen and oxygen atoms in total. The number of nitrogens with one attached hydrogen (secondary N) is 1. The summed E-state index contributed by atoms with van der Waals surface area (Å²) in [6.07, 6.45) is 3.69. The van der Waals surface area contributed by atoms with Crippen LogP contribution in [0.2, 0.25) is 0 Å². The van der Waals surface area contributed by atoms with E-state index in [2.05, 4.69) is 11.9 Å². The summed E-state index contributed by atoms with van der Waals surface area (Å²) in [6.45, 7) is 7.82. The largest absolute Gasteiger partial charge is 0.493 e. The van der Waals surface area contributed by atoms with Crippen LogP contribution in [0.3, 0.4) is 0 Å². The van der Waals surface area contributed by atoms with Crippen molar-refractivity contribution >= 4 is 17.7 Å². The van der Waals surface area contributed by atoms with Crippen LogP contribution in [0.5, 0.6) is 11.5 Å². The molecule has 3 rings (SSSR count). The fraction of sp³-hybridized carbons (Fsp3) is 0.172. The van der Waals surface area contributed by atoms with E-state index in [0.717, 1.165) is 16.7 Å². The van der Waals surface area contributed by atoms with Crippen molar-refractivity contribution in [3.8, 4) is 17.6 Å². The lowest BCUT2D eigenvalue weighted by Gasteiger charge is -2.16. The van der Waals surface area contributed by atoms with Crippen molar-refractivity contribution in [2.75, 3.05) is 12.4 Å². The Balaban J connectivity index is 1.92. The molecule has 0 saturated carbocycles. The summed E-state index contributed by atoms with van der Waals surface area (Å²) in [5.41, 5.74) is 4.62. The van der Waals surface area contributed by atoms with Crippen molar-refractivity contribution in [3.63, 3.8) is 0 Å². The molecule has 0 unspecified atom stereocenters. The molecule has 0 aliphatic heterocycles. The van der Waals surface area contributed by atoms with Gasteiger partial charge < -0.3 is 14.8 Å². The van der Waals surface area contributed by atoms with E-state index in [-0.39, 0.29) is 18.0 Å². The number of hydrogen-bond acceptors (Lipinski definition) is 4. The number of allylic oxidation sites excluding steroid dienone is 1. The monoisotopic (exact) mass is 470 g/mol. The van der Waals surface area contributed by atoms with E-state index in [0.29, 0.717) is 34.7 Å². The topological polar surface area (TPSA) is 71.4 Å². The van der Waals surface area contributed by atoms with Crippen molar-refractivity contribution < 1.29 is 18.7 Å². The zero-order chi connectivity index (χ0) is 25.4. The molecule has 3 aromatic rings. The number of rotatable bonds is 9. The highest BCUT2D eigenvalue weighted by atomic mass is 19.1. The van der Waals surface area contributed by atoms with Crippen LogP contribution >= 0.6 is 0 Å². The molecule has 0 radical (unpaired) electrons. The number of aryl methyl sites for hydroxylation is 1. The average Bonchev–Trinajstić information content (AvgIpc) is 2.84. The number of benzene rings is 3. The lowest BCUT2D eigenvalue weighted by Crippen LogP contribution is -2.14. The first kappa shape index (κ1) is 25.3. The summed E-state index contributed by atoms with van der Waals surface area (Å²) in [7, 11) is 1.51. The Labute approximate surface area is 205 Å². The Hall–Kier alpha value is -4.37.